The van der Waals surface area contributed by atoms with E-state index in [0.29, 0.717) is 33.5 Å². The van der Waals surface area contributed by atoms with E-state index in [9.17, 15) is 0 Å². The van der Waals surface area contributed by atoms with Gasteiger partial charge in [-0.3, -0.25) is 0 Å². The Morgan fingerprint density at radius 2 is 0.836 bits per heavy atom. The van der Waals surface area contributed by atoms with Gasteiger partial charge in [0, 0.05) is 13.2 Å². The van der Waals surface area contributed by atoms with E-state index in [0.717, 1.165) is 84.2 Å². The predicted molar refractivity (Wildman–Crippen MR) is 235 cm³/mol. The summed E-state index contributed by atoms with van der Waals surface area (Å²) in [5, 5.41) is 0. The number of fused-ring (bicyclic) bond motifs is 10. The second kappa shape index (κ2) is 16.8. The number of hydrogen-bond acceptors (Lipinski definition) is 1. The fraction of sp³-hybridized carbons (Fsp3) is 1.00. The van der Waals surface area contributed by atoms with E-state index in [1.807, 2.05) is 0 Å². The van der Waals surface area contributed by atoms with Crippen molar-refractivity contribution in [2.75, 3.05) is 13.2 Å². The van der Waals surface area contributed by atoms with Gasteiger partial charge >= 0.3 is 0 Å². The van der Waals surface area contributed by atoms with Crippen molar-refractivity contribution in [3.63, 3.8) is 0 Å². The van der Waals surface area contributed by atoms with Crippen LogP contribution in [0.5, 0.6) is 0 Å². The average Bonchev–Trinajstić information content (AvgIpc) is 3.71. The lowest BCUT2D eigenvalue weighted by molar-refractivity contribution is -0.114. The third-order valence-electron chi connectivity index (χ3n) is 22.2. The molecule has 8 fully saturated rings. The number of hydrogen-bond donors (Lipinski definition) is 0. The van der Waals surface area contributed by atoms with Crippen LogP contribution in [0.2, 0.25) is 0 Å². The largest absolute Gasteiger partial charge is 0.381 e. The molecule has 0 heterocycles. The Morgan fingerprint density at radius 1 is 0.418 bits per heavy atom. The molecule has 4 unspecified atom stereocenters. The Kier molecular flexibility index (Phi) is 12.7. The highest BCUT2D eigenvalue weighted by Crippen LogP contribution is 2.70. The lowest BCUT2D eigenvalue weighted by Gasteiger charge is -2.61. The summed E-state index contributed by atoms with van der Waals surface area (Å²) in [5.74, 6) is 13.5. The topological polar surface area (TPSA) is 9.23 Å². The molecule has 0 saturated heterocycles. The van der Waals surface area contributed by atoms with Crippen molar-refractivity contribution in [2.24, 2.45) is 105 Å². The van der Waals surface area contributed by atoms with Crippen LogP contribution in [0.3, 0.4) is 0 Å². The summed E-state index contributed by atoms with van der Waals surface area (Å²) < 4.78 is 6.44. The molecule has 8 saturated carbocycles. The van der Waals surface area contributed by atoms with Crippen LogP contribution >= 0.6 is 0 Å². The molecule has 316 valence electrons. The summed E-state index contributed by atoms with van der Waals surface area (Å²) in [4.78, 5) is 0. The van der Waals surface area contributed by atoms with E-state index in [1.54, 1.807) is 89.9 Å². The van der Waals surface area contributed by atoms with Crippen molar-refractivity contribution >= 4 is 0 Å². The maximum atomic E-state index is 6.44. The Labute approximate surface area is 343 Å². The van der Waals surface area contributed by atoms with Gasteiger partial charge in [0.15, 0.2) is 0 Å². The molecule has 0 amide bonds. The highest BCUT2D eigenvalue weighted by Gasteiger charge is 2.61. The first kappa shape index (κ1) is 41.7. The van der Waals surface area contributed by atoms with Crippen molar-refractivity contribution in [3.8, 4) is 0 Å². The van der Waals surface area contributed by atoms with Crippen LogP contribution < -0.4 is 0 Å². The first-order valence-electron chi connectivity index (χ1n) is 26.0. The minimum atomic E-state index is 0.629. The van der Waals surface area contributed by atoms with Crippen LogP contribution in [0.1, 0.15) is 222 Å². The van der Waals surface area contributed by atoms with Crippen LogP contribution in [-0.4, -0.2) is 13.2 Å². The van der Waals surface area contributed by atoms with Gasteiger partial charge < -0.3 is 4.74 Å². The van der Waals surface area contributed by atoms with Crippen molar-refractivity contribution in [3.05, 3.63) is 0 Å². The molecular formula is C54H94O. The van der Waals surface area contributed by atoms with Crippen LogP contribution in [0.4, 0.5) is 0 Å². The highest BCUT2D eigenvalue weighted by atomic mass is 16.5. The molecule has 0 bridgehead atoms. The molecular weight excluding hydrogens is 665 g/mol. The summed E-state index contributed by atoms with van der Waals surface area (Å²) in [6, 6.07) is 0. The molecule has 0 aromatic carbocycles. The average molecular weight is 759 g/mol. The molecule has 0 radical (unpaired) electrons. The summed E-state index contributed by atoms with van der Waals surface area (Å²) in [6.07, 6.45) is 39.3. The molecule has 1 nitrogen and oxygen atoms in total. The quantitative estimate of drug-likeness (QED) is 0.171. The van der Waals surface area contributed by atoms with E-state index in [2.05, 4.69) is 55.4 Å². The fourth-order valence-electron chi connectivity index (χ4n) is 19.2. The van der Waals surface area contributed by atoms with Gasteiger partial charge in [-0.05, 0) is 220 Å². The van der Waals surface area contributed by atoms with Gasteiger partial charge in [0.05, 0.1) is 0 Å². The van der Waals surface area contributed by atoms with E-state index >= 15 is 0 Å². The lowest BCUT2D eigenvalue weighted by atomic mass is 9.44. The molecule has 8 aliphatic carbocycles. The third kappa shape index (κ3) is 7.65. The van der Waals surface area contributed by atoms with E-state index in [-0.39, 0.29) is 0 Å². The highest BCUT2D eigenvalue weighted by molar-refractivity contribution is 5.11. The molecule has 0 N–H and O–H groups in total. The van der Waals surface area contributed by atoms with Crippen LogP contribution in [0.15, 0.2) is 0 Å². The van der Waals surface area contributed by atoms with Gasteiger partial charge in [-0.1, -0.05) is 107 Å². The Hall–Kier alpha value is -0.0400. The first-order valence-corrected chi connectivity index (χ1v) is 26.0. The van der Waals surface area contributed by atoms with Gasteiger partial charge in [0.2, 0.25) is 0 Å². The molecule has 18 atom stereocenters. The van der Waals surface area contributed by atoms with Gasteiger partial charge in [-0.2, -0.15) is 0 Å². The second-order valence-electron chi connectivity index (χ2n) is 24.8. The fourth-order valence-corrected chi connectivity index (χ4v) is 19.2. The molecule has 0 aromatic rings. The summed E-state index contributed by atoms with van der Waals surface area (Å²) >= 11 is 0. The van der Waals surface area contributed by atoms with Crippen molar-refractivity contribution in [2.45, 2.75) is 222 Å². The normalized spacial score (nSPS) is 48.7. The SMILES string of the molecule is CC(CCC[C@@H](C)[C@H]1CC[C@H]2[C@@H]3CCC4CCCC[C@]4(C)[C@H]3CC[C@]12C)COCC(C)CCC[C@@H](C)[C@H]1CC[C@H]2[C@@H]3CCC4CCCC[C@]4(C)[C@H]3CC[C@]12C. The van der Waals surface area contributed by atoms with Crippen molar-refractivity contribution in [1.29, 1.82) is 0 Å². The first-order chi connectivity index (χ1) is 26.4. The van der Waals surface area contributed by atoms with Crippen LogP contribution in [0.25, 0.3) is 0 Å². The van der Waals surface area contributed by atoms with Crippen molar-refractivity contribution < 1.29 is 4.74 Å². The standard InChI is InChI=1S/C54H94O/c1-37(15-13-17-39(3)45-25-27-47-43-23-21-41-19-9-11-31-51(41,5)49(43)29-33-53(45,47)7)35-55-36-38(2)16-14-18-40(4)46-26-28-48-44-24-22-42-20-10-12-32-52(42,6)50(44)30-34-54(46,48)8/h37-50H,9-36H2,1-8H3/t37?,38?,39-,40-,41?,42?,43+,44+,45-,46-,47+,48+,49+,50+,51+,52+,53-,54-/m1/s1. The zero-order valence-corrected chi connectivity index (χ0v) is 38.3. The van der Waals surface area contributed by atoms with E-state index in [1.165, 1.54) is 77.0 Å². The van der Waals surface area contributed by atoms with Gasteiger partial charge in [-0.25, -0.2) is 0 Å². The molecule has 0 spiro atoms. The number of ether oxygens (including phenoxy) is 1. The van der Waals surface area contributed by atoms with Gasteiger partial charge in [-0.15, -0.1) is 0 Å². The zero-order valence-electron chi connectivity index (χ0n) is 38.3. The lowest BCUT2D eigenvalue weighted by Crippen LogP contribution is -2.53. The molecule has 55 heavy (non-hydrogen) atoms. The Balaban J connectivity index is 0.713. The molecule has 0 aromatic heterocycles. The number of rotatable bonds is 14. The Morgan fingerprint density at radius 3 is 1.27 bits per heavy atom. The summed E-state index contributed by atoms with van der Waals surface area (Å²) in [6.45, 7) is 23.3. The summed E-state index contributed by atoms with van der Waals surface area (Å²) in [7, 11) is 0. The maximum Gasteiger partial charge on any atom is 0.0491 e. The molecule has 1 heteroatoms. The van der Waals surface area contributed by atoms with Crippen LogP contribution in [-0.2, 0) is 4.74 Å². The zero-order chi connectivity index (χ0) is 38.6. The molecule has 0 aliphatic heterocycles. The van der Waals surface area contributed by atoms with Crippen LogP contribution in [0, 0.1) is 105 Å². The third-order valence-corrected chi connectivity index (χ3v) is 22.2. The molecule has 8 aliphatic rings. The minimum Gasteiger partial charge on any atom is -0.381 e. The smallest absolute Gasteiger partial charge is 0.0491 e. The summed E-state index contributed by atoms with van der Waals surface area (Å²) in [5.41, 5.74) is 2.63. The van der Waals surface area contributed by atoms with Gasteiger partial charge in [0.25, 0.3) is 0 Å². The maximum absolute atomic E-state index is 6.44. The van der Waals surface area contributed by atoms with Gasteiger partial charge in [0.1, 0.15) is 0 Å². The van der Waals surface area contributed by atoms with E-state index < -0.39 is 0 Å². The van der Waals surface area contributed by atoms with E-state index in [4.69, 9.17) is 4.74 Å². The minimum absolute atomic E-state index is 0.629. The second-order valence-corrected chi connectivity index (χ2v) is 24.8. The Bertz CT molecular complexity index is 1160. The molecule has 8 rings (SSSR count). The van der Waals surface area contributed by atoms with Crippen molar-refractivity contribution in [1.82, 2.24) is 0 Å². The predicted octanol–water partition coefficient (Wildman–Crippen LogP) is 16.0. The monoisotopic (exact) mass is 759 g/mol.